The van der Waals surface area contributed by atoms with Gasteiger partial charge in [0.25, 0.3) is 0 Å². The van der Waals surface area contributed by atoms with Gasteiger partial charge in [0, 0.05) is 22.6 Å². The van der Waals surface area contributed by atoms with E-state index >= 15 is 0 Å². The summed E-state index contributed by atoms with van der Waals surface area (Å²) in [4.78, 5) is 9.97. The van der Waals surface area contributed by atoms with Crippen LogP contribution in [0.15, 0.2) is 156 Å². The Hall–Kier alpha value is -5.16. The molecule has 0 saturated heterocycles. The van der Waals surface area contributed by atoms with Gasteiger partial charge in [-0.2, -0.15) is 0 Å². The molecular formula is C51H40N2S2. The van der Waals surface area contributed by atoms with Crippen molar-refractivity contribution in [3.63, 3.8) is 0 Å². The lowest BCUT2D eigenvalue weighted by Crippen LogP contribution is -2.26. The zero-order valence-electron chi connectivity index (χ0n) is 31.5. The number of nitrogens with zero attached hydrogens (tertiary/aromatic N) is 2. The van der Waals surface area contributed by atoms with E-state index in [1.165, 1.54) is 88.7 Å². The van der Waals surface area contributed by atoms with Gasteiger partial charge in [-0.15, -0.1) is 23.5 Å². The number of hydrogen-bond donors (Lipinski definition) is 0. The van der Waals surface area contributed by atoms with Crippen LogP contribution in [0.3, 0.4) is 0 Å². The lowest BCUT2D eigenvalue weighted by atomic mass is 9.69. The van der Waals surface area contributed by atoms with Crippen LogP contribution in [0, 0.1) is 0 Å². The summed E-state index contributed by atoms with van der Waals surface area (Å²) in [5.41, 5.74) is 17.7. The second-order valence-corrected chi connectivity index (χ2v) is 18.6. The molecule has 266 valence electrons. The van der Waals surface area contributed by atoms with E-state index in [1.807, 2.05) is 23.5 Å². The van der Waals surface area contributed by atoms with Crippen LogP contribution in [-0.2, 0) is 5.41 Å². The Morgan fingerprint density at radius 3 is 1.42 bits per heavy atom. The van der Waals surface area contributed by atoms with E-state index in [4.69, 9.17) is 9.98 Å². The highest BCUT2D eigenvalue weighted by atomic mass is 32.2. The Bertz CT molecular complexity index is 2760. The first-order valence-corrected chi connectivity index (χ1v) is 21.2. The summed E-state index contributed by atoms with van der Waals surface area (Å²) in [5, 5.41) is 4.87. The molecule has 0 amide bonds. The molecule has 55 heavy (non-hydrogen) atoms. The summed E-state index contributed by atoms with van der Waals surface area (Å²) in [7, 11) is 0. The number of fused-ring (bicyclic) bond motifs is 12. The first kappa shape index (κ1) is 33.2. The van der Waals surface area contributed by atoms with Gasteiger partial charge >= 0.3 is 0 Å². The summed E-state index contributed by atoms with van der Waals surface area (Å²) >= 11 is 3.72. The minimum atomic E-state index is -0.440. The molecule has 0 N–H and O–H groups in total. The average Bonchev–Trinajstić information content (AvgIpc) is 3.94. The maximum absolute atomic E-state index is 5.00. The van der Waals surface area contributed by atoms with E-state index in [2.05, 4.69) is 173 Å². The SMILES string of the molecule is CC1(C)CSC(c2ccc(-c3ccc4c(c3)C3(c5ccccc5-c5ccccc53)c3c-4ccc4cc(-c5ccc(C6=NC(C)(C)CS6)cc5)ccc34)cc2)=N1. The molecule has 0 aromatic heterocycles. The number of aliphatic imine (C=N–C) groups is 2. The van der Waals surface area contributed by atoms with E-state index in [-0.39, 0.29) is 11.1 Å². The van der Waals surface area contributed by atoms with Gasteiger partial charge in [-0.25, -0.2) is 0 Å². The molecule has 2 nitrogen and oxygen atoms in total. The van der Waals surface area contributed by atoms with Crippen LogP contribution in [-0.4, -0.2) is 32.7 Å². The fraction of sp³-hybridized carbons (Fsp3) is 0.176. The second-order valence-electron chi connectivity index (χ2n) is 16.7. The highest BCUT2D eigenvalue weighted by molar-refractivity contribution is 8.15. The Morgan fingerprint density at radius 1 is 0.418 bits per heavy atom. The molecule has 0 atom stereocenters. The molecule has 0 bridgehead atoms. The Balaban J connectivity index is 1.07. The Morgan fingerprint density at radius 2 is 0.873 bits per heavy atom. The normalized spacial score (nSPS) is 17.8. The third kappa shape index (κ3) is 5.04. The van der Waals surface area contributed by atoms with E-state index in [0.717, 1.165) is 21.6 Å². The molecule has 11 rings (SSSR count). The standard InChI is InChI=1S/C51H40N2S2/c1-49(2)29-54-47(52-49)33-17-13-31(14-18-33)35-21-24-38-37(27-35)23-26-42-41-25-22-36(32-15-19-34(20-16-32)48-53-50(3,4)30-55-48)28-45(41)51(46(38)42)43-11-7-5-9-39(43)40-10-6-8-12-44(40)51/h5-28H,29-30H2,1-4H3. The smallest absolute Gasteiger partial charge is 0.0984 e. The minimum absolute atomic E-state index is 0.00365. The largest absolute Gasteiger partial charge is 0.271 e. The van der Waals surface area contributed by atoms with Crippen molar-refractivity contribution in [3.8, 4) is 44.5 Å². The zero-order valence-corrected chi connectivity index (χ0v) is 33.1. The van der Waals surface area contributed by atoms with Crippen molar-refractivity contribution in [1.82, 2.24) is 0 Å². The van der Waals surface area contributed by atoms with Crippen molar-refractivity contribution in [2.45, 2.75) is 44.2 Å². The summed E-state index contributed by atoms with van der Waals surface area (Å²) < 4.78 is 0. The first-order chi connectivity index (χ1) is 26.7. The maximum atomic E-state index is 5.00. The molecular weight excluding hydrogens is 705 g/mol. The van der Waals surface area contributed by atoms with Crippen molar-refractivity contribution in [2.24, 2.45) is 9.98 Å². The van der Waals surface area contributed by atoms with Gasteiger partial charge in [-0.1, -0.05) is 133 Å². The molecule has 0 unspecified atom stereocenters. The molecule has 0 fully saturated rings. The van der Waals surface area contributed by atoms with Crippen LogP contribution in [0.25, 0.3) is 55.3 Å². The van der Waals surface area contributed by atoms with Gasteiger partial charge in [-0.3, -0.25) is 9.98 Å². The molecule has 7 aromatic carbocycles. The van der Waals surface area contributed by atoms with Crippen LogP contribution >= 0.6 is 23.5 Å². The van der Waals surface area contributed by atoms with Crippen LogP contribution in [0.5, 0.6) is 0 Å². The number of hydrogen-bond acceptors (Lipinski definition) is 4. The monoisotopic (exact) mass is 744 g/mol. The van der Waals surface area contributed by atoms with Crippen molar-refractivity contribution in [3.05, 3.63) is 179 Å². The molecule has 7 aromatic rings. The Labute approximate surface area is 331 Å². The predicted octanol–water partition coefficient (Wildman–Crippen LogP) is 13.1. The summed E-state index contributed by atoms with van der Waals surface area (Å²) in [6, 6.07) is 55.3. The molecule has 1 spiro atoms. The zero-order chi connectivity index (χ0) is 37.1. The van der Waals surface area contributed by atoms with E-state index in [1.54, 1.807) is 0 Å². The third-order valence-electron chi connectivity index (χ3n) is 11.9. The van der Waals surface area contributed by atoms with Crippen molar-refractivity contribution < 1.29 is 0 Å². The summed E-state index contributed by atoms with van der Waals surface area (Å²) in [6.07, 6.45) is 0. The van der Waals surface area contributed by atoms with Gasteiger partial charge in [-0.05, 0) is 117 Å². The minimum Gasteiger partial charge on any atom is -0.271 e. The first-order valence-electron chi connectivity index (χ1n) is 19.3. The van der Waals surface area contributed by atoms with Gasteiger partial charge in [0.2, 0.25) is 0 Å². The topological polar surface area (TPSA) is 24.7 Å². The van der Waals surface area contributed by atoms with Crippen LogP contribution in [0.4, 0.5) is 0 Å². The van der Waals surface area contributed by atoms with Crippen molar-refractivity contribution >= 4 is 44.4 Å². The van der Waals surface area contributed by atoms with Gasteiger partial charge in [0.1, 0.15) is 0 Å². The van der Waals surface area contributed by atoms with Crippen LogP contribution in [0.1, 0.15) is 61.1 Å². The van der Waals surface area contributed by atoms with E-state index < -0.39 is 5.41 Å². The van der Waals surface area contributed by atoms with Gasteiger partial charge in [0.05, 0.1) is 26.6 Å². The molecule has 4 aliphatic rings. The number of rotatable bonds is 4. The van der Waals surface area contributed by atoms with E-state index in [0.29, 0.717) is 0 Å². The quantitative estimate of drug-likeness (QED) is 0.179. The van der Waals surface area contributed by atoms with Gasteiger partial charge < -0.3 is 0 Å². The lowest BCUT2D eigenvalue weighted by molar-refractivity contribution is 0.605. The molecule has 2 aliphatic carbocycles. The Kier molecular flexibility index (Phi) is 7.20. The third-order valence-corrected chi connectivity index (χ3v) is 14.8. The fourth-order valence-corrected chi connectivity index (χ4v) is 11.7. The fourth-order valence-electron chi connectivity index (χ4n) is 9.41. The second kappa shape index (κ2) is 11.9. The van der Waals surface area contributed by atoms with Crippen LogP contribution < -0.4 is 0 Å². The highest BCUT2D eigenvalue weighted by Gasteiger charge is 2.52. The van der Waals surface area contributed by atoms with Crippen molar-refractivity contribution in [2.75, 3.05) is 11.5 Å². The summed E-state index contributed by atoms with van der Waals surface area (Å²) in [6.45, 7) is 8.85. The highest BCUT2D eigenvalue weighted by Crippen LogP contribution is 2.64. The molecule has 2 heterocycles. The molecule has 0 saturated carbocycles. The van der Waals surface area contributed by atoms with Crippen molar-refractivity contribution in [1.29, 1.82) is 0 Å². The summed E-state index contributed by atoms with van der Waals surface area (Å²) in [5.74, 6) is 2.06. The predicted molar refractivity (Wildman–Crippen MR) is 237 cm³/mol. The molecule has 4 heteroatoms. The molecule has 2 aliphatic heterocycles. The number of benzene rings is 7. The lowest BCUT2D eigenvalue weighted by Gasteiger charge is -2.31. The average molecular weight is 745 g/mol. The van der Waals surface area contributed by atoms with Crippen LogP contribution in [0.2, 0.25) is 0 Å². The van der Waals surface area contributed by atoms with E-state index in [9.17, 15) is 0 Å². The number of thioether (sulfide) groups is 2. The van der Waals surface area contributed by atoms with Gasteiger partial charge in [0.15, 0.2) is 0 Å². The maximum Gasteiger partial charge on any atom is 0.0984 e. The molecule has 0 radical (unpaired) electrons.